The van der Waals surface area contributed by atoms with E-state index in [4.69, 9.17) is 0 Å². The smallest absolute Gasteiger partial charge is 0.00727 e. The fourth-order valence-electron chi connectivity index (χ4n) is 0.847. The third kappa shape index (κ3) is 53.8. The van der Waals surface area contributed by atoms with Gasteiger partial charge in [0.05, 0.1) is 0 Å². The van der Waals surface area contributed by atoms with Gasteiger partial charge in [-0.25, -0.2) is 0 Å². The van der Waals surface area contributed by atoms with Gasteiger partial charge < -0.3 is 0 Å². The molecule has 0 fully saturated rings. The Bertz CT molecular complexity index is 216. The van der Waals surface area contributed by atoms with Crippen LogP contribution in [-0.4, -0.2) is 0 Å². The largest absolute Gasteiger partial charge is 0.0998 e. The summed E-state index contributed by atoms with van der Waals surface area (Å²) in [4.78, 5) is 0. The molecule has 0 unspecified atom stereocenters. The molecule has 0 spiro atoms. The normalized spacial score (nSPS) is 7.80. The minimum atomic E-state index is 0.899. The average molecular weight is 283 g/mol. The van der Waals surface area contributed by atoms with Crippen molar-refractivity contribution in [2.75, 3.05) is 0 Å². The lowest BCUT2D eigenvalue weighted by Crippen LogP contribution is -1.80. The summed E-state index contributed by atoms with van der Waals surface area (Å²) in [5, 5.41) is 0. The molecule has 0 saturated carbocycles. The second-order valence-electron chi connectivity index (χ2n) is 3.61. The number of hydrogen-bond donors (Lipinski definition) is 0. The van der Waals surface area contributed by atoms with Gasteiger partial charge in [-0.3, -0.25) is 0 Å². The molecule has 0 aromatic rings. The maximum atomic E-state index is 3.83. The van der Waals surface area contributed by atoms with Gasteiger partial charge in [0.25, 0.3) is 0 Å². The SMILES string of the molecule is C=C/C(=C\C(=C)C)CC(=C)C.CC.CC.CC.CCC. The third-order valence-electron chi connectivity index (χ3n) is 1.20. The van der Waals surface area contributed by atoms with Gasteiger partial charge in [0.2, 0.25) is 0 Å². The number of hydrogen-bond acceptors (Lipinski definition) is 0. The van der Waals surface area contributed by atoms with E-state index < -0.39 is 0 Å². The minimum Gasteiger partial charge on any atom is -0.0998 e. The first-order chi connectivity index (χ1) is 9.47. The van der Waals surface area contributed by atoms with Crippen molar-refractivity contribution in [3.63, 3.8) is 0 Å². The Balaban J connectivity index is -0.0000000698. The van der Waals surface area contributed by atoms with Crippen LogP contribution in [0.3, 0.4) is 0 Å². The molecule has 0 heteroatoms. The molecule has 0 bridgehead atoms. The Morgan fingerprint density at radius 1 is 0.850 bits per heavy atom. The molecular formula is C20H42. The Kier molecular flexibility index (Phi) is 56.7. The van der Waals surface area contributed by atoms with Crippen LogP contribution in [0.1, 0.15) is 82.1 Å². The zero-order valence-corrected chi connectivity index (χ0v) is 16.2. The van der Waals surface area contributed by atoms with Gasteiger partial charge in [-0.2, -0.15) is 0 Å². The molecule has 0 amide bonds. The summed E-state index contributed by atoms with van der Waals surface area (Å²) >= 11 is 0. The summed E-state index contributed by atoms with van der Waals surface area (Å²) in [6, 6.07) is 0. The van der Waals surface area contributed by atoms with Crippen LogP contribution in [0.5, 0.6) is 0 Å². The summed E-state index contributed by atoms with van der Waals surface area (Å²) in [5.41, 5.74) is 3.39. The van der Waals surface area contributed by atoms with Crippen LogP contribution in [0.4, 0.5) is 0 Å². The summed E-state index contributed by atoms with van der Waals surface area (Å²) < 4.78 is 0. The van der Waals surface area contributed by atoms with Crippen molar-refractivity contribution < 1.29 is 0 Å². The van der Waals surface area contributed by atoms with E-state index in [1.165, 1.54) is 12.0 Å². The highest BCUT2D eigenvalue weighted by atomic mass is 14.0. The van der Waals surface area contributed by atoms with Crippen molar-refractivity contribution in [2.45, 2.75) is 82.1 Å². The second-order valence-corrected chi connectivity index (χ2v) is 3.61. The lowest BCUT2D eigenvalue weighted by molar-refractivity contribution is 1.09. The van der Waals surface area contributed by atoms with E-state index in [1.54, 1.807) is 0 Å². The monoisotopic (exact) mass is 282 g/mol. The summed E-state index contributed by atoms with van der Waals surface area (Å²) in [5.74, 6) is 0. The van der Waals surface area contributed by atoms with Crippen molar-refractivity contribution in [3.8, 4) is 0 Å². The molecule has 0 aromatic heterocycles. The molecule has 0 atom stereocenters. The molecular weight excluding hydrogens is 240 g/mol. The molecule has 20 heavy (non-hydrogen) atoms. The predicted molar refractivity (Wildman–Crippen MR) is 103 cm³/mol. The molecule has 0 rings (SSSR count). The second kappa shape index (κ2) is 36.1. The Morgan fingerprint density at radius 3 is 1.30 bits per heavy atom. The van der Waals surface area contributed by atoms with Crippen molar-refractivity contribution in [2.24, 2.45) is 0 Å². The molecule has 0 aliphatic heterocycles. The van der Waals surface area contributed by atoms with E-state index >= 15 is 0 Å². The average Bonchev–Trinajstić information content (AvgIpc) is 2.44. The van der Waals surface area contributed by atoms with E-state index in [0.29, 0.717) is 0 Å². The first kappa shape index (κ1) is 31.4. The van der Waals surface area contributed by atoms with Gasteiger partial charge in [-0.05, 0) is 25.8 Å². The van der Waals surface area contributed by atoms with Crippen molar-refractivity contribution in [1.29, 1.82) is 0 Å². The first-order valence-electron chi connectivity index (χ1n) is 8.10. The van der Waals surface area contributed by atoms with Gasteiger partial charge in [0, 0.05) is 0 Å². The molecule has 0 aliphatic rings. The summed E-state index contributed by atoms with van der Waals surface area (Å²) in [7, 11) is 0. The molecule has 0 saturated heterocycles. The lowest BCUT2D eigenvalue weighted by Gasteiger charge is -2.00. The zero-order valence-electron chi connectivity index (χ0n) is 16.2. The van der Waals surface area contributed by atoms with Crippen LogP contribution in [0.15, 0.2) is 48.6 Å². The van der Waals surface area contributed by atoms with Gasteiger partial charge in [-0.15, -0.1) is 0 Å². The van der Waals surface area contributed by atoms with Gasteiger partial charge in [0.1, 0.15) is 0 Å². The maximum absolute atomic E-state index is 3.83. The topological polar surface area (TPSA) is 0 Å². The van der Waals surface area contributed by atoms with Crippen molar-refractivity contribution >= 4 is 0 Å². The number of rotatable bonds is 4. The van der Waals surface area contributed by atoms with Crippen LogP contribution >= 0.6 is 0 Å². The van der Waals surface area contributed by atoms with Gasteiger partial charge >= 0.3 is 0 Å². The standard InChI is InChI=1S/C11H16.C3H8.3C2H6/c1-6-11(7-9(2)3)8-10(4)5;1-3-2;3*1-2/h6-7H,1-2,4,8H2,3,5H3;3H2,1-2H3;3*1-2H3/b11-7+;;;;. The Labute approximate surface area is 131 Å². The number of allylic oxidation sites excluding steroid dienone is 5. The zero-order chi connectivity index (χ0) is 17.6. The fourth-order valence-corrected chi connectivity index (χ4v) is 0.847. The van der Waals surface area contributed by atoms with Gasteiger partial charge in [-0.1, -0.05) is 105 Å². The molecule has 0 N–H and O–H groups in total. The van der Waals surface area contributed by atoms with Crippen LogP contribution in [0, 0.1) is 0 Å². The summed E-state index contributed by atoms with van der Waals surface area (Å²) in [6.07, 6.45) is 6.03. The van der Waals surface area contributed by atoms with Gasteiger partial charge in [0.15, 0.2) is 0 Å². The molecule has 122 valence electrons. The van der Waals surface area contributed by atoms with Crippen LogP contribution in [-0.2, 0) is 0 Å². The Morgan fingerprint density at radius 2 is 1.15 bits per heavy atom. The highest BCUT2D eigenvalue weighted by Crippen LogP contribution is 2.11. The fraction of sp³-hybridized carbons (Fsp3) is 0.600. The third-order valence-corrected chi connectivity index (χ3v) is 1.20. The molecule has 0 aromatic carbocycles. The van der Waals surface area contributed by atoms with E-state index in [2.05, 4.69) is 33.6 Å². The molecule has 0 radical (unpaired) electrons. The minimum absolute atomic E-state index is 0.899. The van der Waals surface area contributed by atoms with E-state index in [-0.39, 0.29) is 0 Å². The molecule has 0 heterocycles. The maximum Gasteiger partial charge on any atom is -0.00727 e. The quantitative estimate of drug-likeness (QED) is 0.360. The van der Waals surface area contributed by atoms with Crippen molar-refractivity contribution in [3.05, 3.63) is 48.6 Å². The summed E-state index contributed by atoms with van der Waals surface area (Å²) in [6.45, 7) is 31.6. The van der Waals surface area contributed by atoms with Crippen LogP contribution in [0.2, 0.25) is 0 Å². The highest BCUT2D eigenvalue weighted by Gasteiger charge is 1.91. The Hall–Kier alpha value is -1.04. The van der Waals surface area contributed by atoms with Crippen LogP contribution in [0.25, 0.3) is 0 Å². The molecule has 0 aliphatic carbocycles. The van der Waals surface area contributed by atoms with E-state index in [9.17, 15) is 0 Å². The predicted octanol–water partition coefficient (Wildman–Crippen LogP) is 8.14. The van der Waals surface area contributed by atoms with Crippen LogP contribution < -0.4 is 0 Å². The van der Waals surface area contributed by atoms with E-state index in [1.807, 2.05) is 67.5 Å². The van der Waals surface area contributed by atoms with E-state index in [0.717, 1.165) is 17.6 Å². The highest BCUT2D eigenvalue weighted by molar-refractivity contribution is 5.29. The molecule has 0 nitrogen and oxygen atoms in total. The lowest BCUT2D eigenvalue weighted by atomic mass is 10.1. The van der Waals surface area contributed by atoms with Crippen molar-refractivity contribution in [1.82, 2.24) is 0 Å². The first-order valence-corrected chi connectivity index (χ1v) is 8.10.